The Morgan fingerprint density at radius 2 is 1.47 bits per heavy atom. The second-order valence-electron chi connectivity index (χ2n) is 2.28. The van der Waals surface area contributed by atoms with Crippen molar-refractivity contribution in [2.75, 3.05) is 0 Å². The molecule has 0 bridgehead atoms. The number of hydrogen-bond donors (Lipinski definition) is 0. The summed E-state index contributed by atoms with van der Waals surface area (Å²) in [4.78, 5) is 10.0. The van der Waals surface area contributed by atoms with E-state index in [4.69, 9.17) is 0 Å². The predicted octanol–water partition coefficient (Wildman–Crippen LogP) is 2.86. The first-order valence-corrected chi connectivity index (χ1v) is 3.19. The van der Waals surface area contributed by atoms with E-state index in [2.05, 4.69) is 4.74 Å². The number of rotatable bonds is 4. The Kier molecular flexibility index (Phi) is 3.72. The lowest BCUT2D eigenvalue weighted by molar-refractivity contribution is -0.325. The smallest absolute Gasteiger partial charge is 0.397 e. The first kappa shape index (κ1) is 13.7. The van der Waals surface area contributed by atoms with Gasteiger partial charge in [0.1, 0.15) is 0 Å². The molecule has 0 spiro atoms. The van der Waals surface area contributed by atoms with Gasteiger partial charge < -0.3 is 4.74 Å². The van der Waals surface area contributed by atoms with Gasteiger partial charge in [-0.2, -0.15) is 30.7 Å². The van der Waals surface area contributed by atoms with Crippen molar-refractivity contribution in [2.24, 2.45) is 0 Å². The van der Waals surface area contributed by atoms with E-state index in [-0.39, 0.29) is 6.92 Å². The van der Waals surface area contributed by atoms with E-state index in [0.29, 0.717) is 0 Å². The van der Waals surface area contributed by atoms with E-state index in [1.165, 1.54) is 0 Å². The normalized spacial score (nSPS) is 12.3. The molecule has 2 nitrogen and oxygen atoms in total. The molecule has 0 radical (unpaired) electrons. The zero-order valence-corrected chi connectivity index (χ0v) is 6.96. The van der Waals surface area contributed by atoms with E-state index < -0.39 is 29.9 Å². The van der Waals surface area contributed by atoms with Crippen LogP contribution in [0.25, 0.3) is 0 Å². The first-order chi connectivity index (χ1) is 6.52. The molecule has 0 aliphatic heterocycles. The monoisotopic (exact) mass is 240 g/mol. The molecular weight excluding hydrogens is 237 g/mol. The summed E-state index contributed by atoms with van der Waals surface area (Å²) >= 11 is 0. The van der Waals surface area contributed by atoms with Crippen LogP contribution in [0.3, 0.4) is 0 Å². The van der Waals surface area contributed by atoms with Crippen LogP contribution < -0.4 is 0 Å². The molecule has 0 unspecified atom stereocenters. The summed E-state index contributed by atoms with van der Waals surface area (Å²) in [5.41, 5.74) is 0. The van der Waals surface area contributed by atoms with E-state index >= 15 is 0 Å². The zero-order chi connectivity index (χ0) is 12.4. The largest absolute Gasteiger partial charge is 0.474 e. The quantitative estimate of drug-likeness (QED) is 0.557. The molecule has 0 saturated heterocycles. The van der Waals surface area contributed by atoms with Gasteiger partial charge in [0.05, 0.1) is 0 Å². The second kappa shape index (κ2) is 4.07. The highest BCUT2D eigenvalue weighted by Gasteiger charge is 2.63. The second-order valence-corrected chi connectivity index (χ2v) is 2.28. The lowest BCUT2D eigenvalue weighted by Gasteiger charge is -2.22. The Morgan fingerprint density at radius 1 is 1.07 bits per heavy atom. The van der Waals surface area contributed by atoms with Gasteiger partial charge in [0, 0.05) is 6.92 Å². The lowest BCUT2D eigenvalue weighted by Crippen LogP contribution is -2.47. The van der Waals surface area contributed by atoms with Gasteiger partial charge in [-0.05, 0) is 0 Å². The molecule has 0 aliphatic rings. The molecule has 0 rings (SSSR count). The molecule has 88 valence electrons. The van der Waals surface area contributed by atoms with Crippen LogP contribution in [-0.4, -0.2) is 17.8 Å². The number of halogens is 7. The molecule has 0 heterocycles. The Morgan fingerprint density at radius 3 is 1.73 bits per heavy atom. The molecule has 0 fully saturated rings. The van der Waals surface area contributed by atoms with Crippen molar-refractivity contribution < 1.29 is 40.3 Å². The molecule has 0 N–H and O–H groups in total. The van der Waals surface area contributed by atoms with Crippen molar-refractivity contribution in [3.05, 3.63) is 12.1 Å². The molecule has 0 aromatic carbocycles. The summed E-state index contributed by atoms with van der Waals surface area (Å²) in [5, 5.41) is 0. The highest BCUT2D eigenvalue weighted by atomic mass is 19.3. The number of ketones is 1. The molecular formula is C6H3F7O2. The molecule has 9 heteroatoms. The van der Waals surface area contributed by atoms with Gasteiger partial charge in [-0.25, -0.2) is 0 Å². The maximum Gasteiger partial charge on any atom is 0.474 e. The minimum atomic E-state index is -5.67. The van der Waals surface area contributed by atoms with Crippen molar-refractivity contribution in [2.45, 2.75) is 19.0 Å². The maximum atomic E-state index is 12.3. The molecule has 0 aromatic heterocycles. The van der Waals surface area contributed by atoms with Gasteiger partial charge in [-0.1, -0.05) is 0 Å². The standard InChI is InChI=1S/C6H3F7O2/c1-2(14)5(10,11)6(12,13)15-4(9)3(7)8/h1H3. The number of carbonyl (C=O) groups is 1. The SMILES string of the molecule is CC(=O)C(F)(F)C(F)(F)OC(F)=C(F)F. The van der Waals surface area contributed by atoms with Crippen molar-refractivity contribution in [1.29, 1.82) is 0 Å². The highest BCUT2D eigenvalue weighted by molar-refractivity contribution is 5.84. The number of ether oxygens (including phenoxy) is 1. The summed E-state index contributed by atoms with van der Waals surface area (Å²) in [6, 6.07) is -3.17. The summed E-state index contributed by atoms with van der Waals surface area (Å²) in [6.45, 7) is 0.0741. The molecule has 0 aromatic rings. The van der Waals surface area contributed by atoms with Crippen LogP contribution in [0.4, 0.5) is 30.7 Å². The van der Waals surface area contributed by atoms with Crippen LogP contribution in [0, 0.1) is 0 Å². The molecule has 0 saturated carbocycles. The van der Waals surface area contributed by atoms with Crippen molar-refractivity contribution in [1.82, 2.24) is 0 Å². The van der Waals surface area contributed by atoms with Gasteiger partial charge >= 0.3 is 24.1 Å². The number of alkyl halides is 4. The molecule has 0 amide bonds. The molecule has 0 atom stereocenters. The summed E-state index contributed by atoms with van der Waals surface area (Å²) in [5.74, 6) is -7.74. The number of carbonyl (C=O) groups excluding carboxylic acids is 1. The van der Waals surface area contributed by atoms with Crippen LogP contribution >= 0.6 is 0 Å². The van der Waals surface area contributed by atoms with Crippen LogP contribution in [-0.2, 0) is 9.53 Å². The average molecular weight is 240 g/mol. The zero-order valence-electron chi connectivity index (χ0n) is 6.96. The first-order valence-electron chi connectivity index (χ1n) is 3.19. The fourth-order valence-electron chi connectivity index (χ4n) is 0.420. The minimum absolute atomic E-state index is 0.0741. The average Bonchev–Trinajstić information content (AvgIpc) is 2.02. The van der Waals surface area contributed by atoms with Crippen LogP contribution in [0.2, 0.25) is 0 Å². The highest BCUT2D eigenvalue weighted by Crippen LogP contribution is 2.38. The summed E-state index contributed by atoms with van der Waals surface area (Å²) < 4.78 is 85.8. The van der Waals surface area contributed by atoms with E-state index in [1.807, 2.05) is 0 Å². The lowest BCUT2D eigenvalue weighted by atomic mass is 10.2. The fourth-order valence-corrected chi connectivity index (χ4v) is 0.420. The maximum absolute atomic E-state index is 12.3. The van der Waals surface area contributed by atoms with E-state index in [0.717, 1.165) is 0 Å². The van der Waals surface area contributed by atoms with Crippen molar-refractivity contribution >= 4 is 5.78 Å². The summed E-state index contributed by atoms with van der Waals surface area (Å²) in [7, 11) is 0. The third-order valence-electron chi connectivity index (χ3n) is 1.17. The third kappa shape index (κ3) is 2.83. The summed E-state index contributed by atoms with van der Waals surface area (Å²) in [6.07, 6.45) is -9.01. The topological polar surface area (TPSA) is 26.3 Å². The molecule has 15 heavy (non-hydrogen) atoms. The number of hydrogen-bond acceptors (Lipinski definition) is 2. The van der Waals surface area contributed by atoms with Gasteiger partial charge in [-0.15, -0.1) is 0 Å². The van der Waals surface area contributed by atoms with Gasteiger partial charge in [-0.3, -0.25) is 4.79 Å². The van der Waals surface area contributed by atoms with Gasteiger partial charge in [0.25, 0.3) is 0 Å². The van der Waals surface area contributed by atoms with Crippen molar-refractivity contribution in [3.8, 4) is 0 Å². The van der Waals surface area contributed by atoms with Crippen LogP contribution in [0.5, 0.6) is 0 Å². The van der Waals surface area contributed by atoms with Crippen molar-refractivity contribution in [3.63, 3.8) is 0 Å². The fraction of sp³-hybridized carbons (Fsp3) is 0.500. The number of Topliss-reactive ketones (excluding diaryl/α,β-unsaturated/α-hetero) is 1. The predicted molar refractivity (Wildman–Crippen MR) is 32.0 cm³/mol. The Bertz CT molecular complexity index is 292. The minimum Gasteiger partial charge on any atom is -0.397 e. The van der Waals surface area contributed by atoms with Crippen LogP contribution in [0.1, 0.15) is 6.92 Å². The van der Waals surface area contributed by atoms with Gasteiger partial charge in [0.15, 0.2) is 0 Å². The van der Waals surface area contributed by atoms with Gasteiger partial charge in [0.2, 0.25) is 5.78 Å². The molecule has 0 aliphatic carbocycles. The Labute approximate surface area is 78.3 Å². The van der Waals surface area contributed by atoms with E-state index in [9.17, 15) is 35.5 Å². The Balaban J connectivity index is 5.00. The Hall–Kier alpha value is -1.28. The third-order valence-corrected chi connectivity index (χ3v) is 1.17. The van der Waals surface area contributed by atoms with E-state index in [1.54, 1.807) is 0 Å². The van der Waals surface area contributed by atoms with Crippen LogP contribution in [0.15, 0.2) is 12.1 Å².